The van der Waals surface area contributed by atoms with Crippen LogP contribution in [0.4, 0.5) is 5.95 Å². The van der Waals surface area contributed by atoms with Crippen LogP contribution >= 0.6 is 8.53 Å². The second-order valence-corrected chi connectivity index (χ2v) is 5.74. The molecule has 0 bridgehead atoms. The van der Waals surface area contributed by atoms with Crippen LogP contribution in [-0.4, -0.2) is 64.4 Å². The number of hydrogen-bond donors (Lipinski definition) is 7. The molecule has 4 atom stereocenters. The molecule has 132 valence electrons. The SMILES string of the molecule is Nc1nc2c(ncn2[C@@H]2O[C@H](CO)[C@@H](ONP(O)O)[C@H]2O)c(=O)[nH]1. The van der Waals surface area contributed by atoms with Crippen LogP contribution in [0, 0.1) is 0 Å². The van der Waals surface area contributed by atoms with E-state index in [0.717, 1.165) is 0 Å². The summed E-state index contributed by atoms with van der Waals surface area (Å²) in [5.41, 5.74) is 5.03. The summed E-state index contributed by atoms with van der Waals surface area (Å²) in [7, 11) is -2.57. The topological polar surface area (TPSA) is 201 Å². The number of nitrogens with zero attached hydrogens (tertiary/aromatic N) is 3. The van der Waals surface area contributed by atoms with Crippen LogP contribution in [-0.2, 0) is 9.57 Å². The average molecular weight is 362 g/mol. The van der Waals surface area contributed by atoms with Crippen LogP contribution < -0.4 is 16.5 Å². The van der Waals surface area contributed by atoms with Gasteiger partial charge in [-0.15, -0.1) is 5.25 Å². The first-order valence-electron chi connectivity index (χ1n) is 6.68. The van der Waals surface area contributed by atoms with Crippen molar-refractivity contribution in [2.45, 2.75) is 24.5 Å². The van der Waals surface area contributed by atoms with Gasteiger partial charge in [0.2, 0.25) is 5.95 Å². The lowest BCUT2D eigenvalue weighted by Crippen LogP contribution is -2.39. The lowest BCUT2D eigenvalue weighted by molar-refractivity contribution is -0.0781. The highest BCUT2D eigenvalue weighted by atomic mass is 31.2. The highest BCUT2D eigenvalue weighted by Gasteiger charge is 2.46. The van der Waals surface area contributed by atoms with E-state index in [1.165, 1.54) is 10.9 Å². The van der Waals surface area contributed by atoms with Gasteiger partial charge in [0.05, 0.1) is 12.9 Å². The molecule has 2 aromatic rings. The van der Waals surface area contributed by atoms with Crippen LogP contribution in [0.5, 0.6) is 0 Å². The summed E-state index contributed by atoms with van der Waals surface area (Å²) in [5.74, 6) is -0.138. The third kappa shape index (κ3) is 2.99. The number of fused-ring (bicyclic) bond motifs is 1. The number of aromatic amines is 1. The second kappa shape index (κ2) is 6.66. The standard InChI is InChI=1S/C10H15N6O7P/c11-10-13-7-4(8(19)14-10)12-2-16(7)9-5(18)6(3(1-17)22-9)23-15-24(20)21/h2-3,5-6,9,15,17-18,20-21H,1H2,(H3,11,13,14,19)/t3-,5-,6-,9-/m1/s1. The first-order chi connectivity index (χ1) is 11.4. The number of anilines is 1. The van der Waals surface area contributed by atoms with Gasteiger partial charge in [-0.1, -0.05) is 0 Å². The predicted molar refractivity (Wildman–Crippen MR) is 78.9 cm³/mol. The number of rotatable bonds is 5. The van der Waals surface area contributed by atoms with Crippen molar-refractivity contribution >= 4 is 25.6 Å². The fourth-order valence-electron chi connectivity index (χ4n) is 2.48. The van der Waals surface area contributed by atoms with Crippen molar-refractivity contribution in [2.24, 2.45) is 0 Å². The average Bonchev–Trinajstić information content (AvgIpc) is 3.06. The lowest BCUT2D eigenvalue weighted by atomic mass is 10.1. The third-order valence-electron chi connectivity index (χ3n) is 3.48. The molecule has 2 aromatic heterocycles. The molecule has 0 radical (unpaired) electrons. The van der Waals surface area contributed by atoms with Crippen molar-refractivity contribution in [1.82, 2.24) is 24.8 Å². The Labute approximate surface area is 134 Å². The van der Waals surface area contributed by atoms with Crippen LogP contribution in [0.2, 0.25) is 0 Å². The third-order valence-corrected chi connectivity index (χ3v) is 3.75. The summed E-state index contributed by atoms with van der Waals surface area (Å²) in [4.78, 5) is 44.6. The number of ether oxygens (including phenoxy) is 1. The van der Waals surface area contributed by atoms with Gasteiger partial charge < -0.3 is 30.5 Å². The molecular weight excluding hydrogens is 347 g/mol. The number of H-pyrrole nitrogens is 1. The Bertz CT molecular complexity index is 781. The Morgan fingerprint density at radius 1 is 1.54 bits per heavy atom. The number of nitrogens with one attached hydrogen (secondary N) is 2. The van der Waals surface area contributed by atoms with Crippen LogP contribution in [0.1, 0.15) is 6.23 Å². The van der Waals surface area contributed by atoms with Crippen LogP contribution in [0.3, 0.4) is 0 Å². The van der Waals surface area contributed by atoms with E-state index in [4.69, 9.17) is 25.1 Å². The number of aliphatic hydroxyl groups is 2. The Kier molecular flexibility index (Phi) is 4.76. The Balaban J connectivity index is 1.94. The highest BCUT2D eigenvalue weighted by molar-refractivity contribution is 7.42. The zero-order valence-corrected chi connectivity index (χ0v) is 12.9. The molecule has 1 aliphatic rings. The molecule has 1 fully saturated rings. The maximum Gasteiger partial charge on any atom is 0.280 e. The summed E-state index contributed by atoms with van der Waals surface area (Å²) in [6.07, 6.45) is -3.26. The van der Waals surface area contributed by atoms with Crippen molar-refractivity contribution in [2.75, 3.05) is 12.3 Å². The van der Waals surface area contributed by atoms with Gasteiger partial charge in [0, 0.05) is 0 Å². The van der Waals surface area contributed by atoms with E-state index in [0.29, 0.717) is 0 Å². The van der Waals surface area contributed by atoms with Crippen molar-refractivity contribution < 1.29 is 29.6 Å². The van der Waals surface area contributed by atoms with E-state index >= 15 is 0 Å². The van der Waals surface area contributed by atoms with Crippen LogP contribution in [0.15, 0.2) is 11.1 Å². The summed E-state index contributed by atoms with van der Waals surface area (Å²) in [5, 5.41) is 21.7. The van der Waals surface area contributed by atoms with Gasteiger partial charge in [-0.25, -0.2) is 4.98 Å². The van der Waals surface area contributed by atoms with Crippen molar-refractivity contribution in [3.05, 3.63) is 16.7 Å². The first kappa shape index (κ1) is 17.1. The zero-order chi connectivity index (χ0) is 17.4. The van der Waals surface area contributed by atoms with E-state index in [1.54, 1.807) is 0 Å². The van der Waals surface area contributed by atoms with Gasteiger partial charge in [0.15, 0.2) is 17.4 Å². The van der Waals surface area contributed by atoms with Gasteiger partial charge in [0.25, 0.3) is 14.1 Å². The van der Waals surface area contributed by atoms with E-state index in [2.05, 4.69) is 15.0 Å². The van der Waals surface area contributed by atoms with Gasteiger partial charge in [-0.2, -0.15) is 4.98 Å². The monoisotopic (exact) mass is 362 g/mol. The summed E-state index contributed by atoms with van der Waals surface area (Å²) in [6.45, 7) is -0.503. The van der Waals surface area contributed by atoms with E-state index in [9.17, 15) is 15.0 Å². The molecule has 14 heteroatoms. The fraction of sp³-hybridized carbons (Fsp3) is 0.500. The minimum absolute atomic E-state index is 0.00252. The maximum atomic E-state index is 11.8. The minimum atomic E-state index is -2.57. The van der Waals surface area contributed by atoms with Crippen molar-refractivity contribution in [3.63, 3.8) is 0 Å². The number of nitrogens with two attached hydrogens (primary N) is 1. The number of hydrogen-bond acceptors (Lipinski definition) is 11. The van der Waals surface area contributed by atoms with Gasteiger partial charge in [0.1, 0.15) is 18.3 Å². The quantitative estimate of drug-likeness (QED) is 0.212. The Morgan fingerprint density at radius 3 is 2.96 bits per heavy atom. The molecule has 13 nitrogen and oxygen atoms in total. The molecule has 0 saturated carbocycles. The number of aromatic nitrogens is 4. The van der Waals surface area contributed by atoms with Gasteiger partial charge >= 0.3 is 0 Å². The summed E-state index contributed by atoms with van der Waals surface area (Å²) in [6, 6.07) is 0. The predicted octanol–water partition coefficient (Wildman–Crippen LogP) is -2.95. The molecule has 8 N–H and O–H groups in total. The second-order valence-electron chi connectivity index (χ2n) is 4.98. The molecule has 0 amide bonds. The Morgan fingerprint density at radius 2 is 2.29 bits per heavy atom. The van der Waals surface area contributed by atoms with Crippen molar-refractivity contribution in [1.29, 1.82) is 0 Å². The van der Waals surface area contributed by atoms with E-state index in [1.807, 2.05) is 5.25 Å². The molecule has 1 aliphatic heterocycles. The van der Waals surface area contributed by atoms with E-state index < -0.39 is 45.2 Å². The molecule has 0 unspecified atom stereocenters. The highest BCUT2D eigenvalue weighted by Crippen LogP contribution is 2.33. The molecule has 3 rings (SSSR count). The molecule has 0 aromatic carbocycles. The molecule has 0 aliphatic carbocycles. The minimum Gasteiger partial charge on any atom is -0.394 e. The number of aliphatic hydroxyl groups excluding tert-OH is 2. The molecule has 3 heterocycles. The molecule has 24 heavy (non-hydrogen) atoms. The summed E-state index contributed by atoms with van der Waals surface area (Å²) >= 11 is 0. The maximum absolute atomic E-state index is 11.8. The zero-order valence-electron chi connectivity index (χ0n) is 12.0. The molecule has 0 spiro atoms. The normalized spacial score (nSPS) is 27.4. The largest absolute Gasteiger partial charge is 0.394 e. The lowest BCUT2D eigenvalue weighted by Gasteiger charge is -2.19. The summed E-state index contributed by atoms with van der Waals surface area (Å²) < 4.78 is 6.78. The fourth-order valence-corrected chi connectivity index (χ4v) is 2.70. The Hall–Kier alpha value is -1.70. The first-order valence-corrected chi connectivity index (χ1v) is 7.93. The van der Waals surface area contributed by atoms with Crippen molar-refractivity contribution in [3.8, 4) is 0 Å². The molecular formula is C10H15N6O7P. The van der Waals surface area contributed by atoms with Gasteiger partial charge in [-0.3, -0.25) is 19.2 Å². The van der Waals surface area contributed by atoms with Gasteiger partial charge in [-0.05, 0) is 0 Å². The number of imidazole rings is 1. The van der Waals surface area contributed by atoms with Crippen LogP contribution in [0.25, 0.3) is 11.2 Å². The number of nitrogen functional groups attached to an aromatic ring is 1. The smallest absolute Gasteiger partial charge is 0.280 e. The van der Waals surface area contributed by atoms with E-state index in [-0.39, 0.29) is 17.1 Å². The molecule has 1 saturated heterocycles.